The molecule has 1 saturated carbocycles. The zero-order valence-corrected chi connectivity index (χ0v) is 9.15. The Morgan fingerprint density at radius 2 is 2.13 bits per heavy atom. The van der Waals surface area contributed by atoms with Crippen LogP contribution in [0.4, 0.5) is 0 Å². The number of hydrogen-bond acceptors (Lipinski definition) is 3. The Kier molecular flexibility index (Phi) is 4.39. The third-order valence-electron chi connectivity index (χ3n) is 2.89. The van der Waals surface area contributed by atoms with Crippen LogP contribution in [0.2, 0.25) is 0 Å². The second-order valence-electron chi connectivity index (χ2n) is 4.20. The molecule has 0 aromatic carbocycles. The summed E-state index contributed by atoms with van der Waals surface area (Å²) in [5.41, 5.74) is 5.33. The van der Waals surface area contributed by atoms with E-state index in [1.807, 2.05) is 0 Å². The Morgan fingerprint density at radius 1 is 1.53 bits per heavy atom. The summed E-state index contributed by atoms with van der Waals surface area (Å²) < 4.78 is 0. The minimum absolute atomic E-state index is 0.0669. The van der Waals surface area contributed by atoms with Crippen LogP contribution in [0.25, 0.3) is 0 Å². The van der Waals surface area contributed by atoms with E-state index in [0.717, 1.165) is 12.8 Å². The van der Waals surface area contributed by atoms with Gasteiger partial charge in [0.15, 0.2) is 5.84 Å². The highest BCUT2D eigenvalue weighted by Crippen LogP contribution is 2.27. The molecule has 0 spiro atoms. The molecule has 0 unspecified atom stereocenters. The van der Waals surface area contributed by atoms with Crippen molar-refractivity contribution in [2.24, 2.45) is 16.8 Å². The van der Waals surface area contributed by atoms with Crippen molar-refractivity contribution in [3.8, 4) is 0 Å². The molecule has 3 N–H and O–H groups in total. The largest absolute Gasteiger partial charge is 0.409 e. The number of amides is 1. The van der Waals surface area contributed by atoms with Crippen molar-refractivity contribution in [2.45, 2.75) is 32.1 Å². The molecule has 1 fully saturated rings. The summed E-state index contributed by atoms with van der Waals surface area (Å²) in [6.07, 6.45) is 5.38. The molecule has 86 valence electrons. The molecule has 15 heavy (non-hydrogen) atoms. The minimum atomic E-state index is 0.0669. The van der Waals surface area contributed by atoms with E-state index >= 15 is 0 Å². The smallest absolute Gasteiger partial charge is 0.222 e. The fraction of sp³-hybridized carbons (Fsp3) is 0.800. The second-order valence-corrected chi connectivity index (χ2v) is 4.20. The van der Waals surface area contributed by atoms with Gasteiger partial charge in [-0.05, 0) is 18.8 Å². The van der Waals surface area contributed by atoms with Gasteiger partial charge in [-0.25, -0.2) is 0 Å². The predicted octanol–water partition coefficient (Wildman–Crippen LogP) is 0.771. The van der Waals surface area contributed by atoms with Gasteiger partial charge in [-0.1, -0.05) is 18.0 Å². The molecule has 1 aliphatic rings. The standard InChI is InChI=1S/C10H19N3O2/c1-13(7-9(11)12-15)10(14)6-8-4-2-3-5-8/h8,15H,2-7H2,1H3,(H2,11,12). The van der Waals surface area contributed by atoms with E-state index in [1.54, 1.807) is 7.05 Å². The lowest BCUT2D eigenvalue weighted by molar-refractivity contribution is -0.130. The molecule has 0 atom stereocenters. The highest BCUT2D eigenvalue weighted by atomic mass is 16.4. The van der Waals surface area contributed by atoms with Crippen molar-refractivity contribution in [3.63, 3.8) is 0 Å². The van der Waals surface area contributed by atoms with Gasteiger partial charge in [-0.15, -0.1) is 0 Å². The first-order valence-electron chi connectivity index (χ1n) is 5.34. The number of nitrogens with two attached hydrogens (primary N) is 1. The zero-order valence-electron chi connectivity index (χ0n) is 9.15. The monoisotopic (exact) mass is 213 g/mol. The maximum Gasteiger partial charge on any atom is 0.222 e. The number of amidine groups is 1. The van der Waals surface area contributed by atoms with Crippen LogP contribution in [-0.4, -0.2) is 35.4 Å². The van der Waals surface area contributed by atoms with Crippen LogP contribution in [0.3, 0.4) is 0 Å². The van der Waals surface area contributed by atoms with Gasteiger partial charge in [0.1, 0.15) is 0 Å². The van der Waals surface area contributed by atoms with Crippen molar-refractivity contribution in [1.82, 2.24) is 4.90 Å². The molecular weight excluding hydrogens is 194 g/mol. The van der Waals surface area contributed by atoms with Crippen molar-refractivity contribution < 1.29 is 10.0 Å². The van der Waals surface area contributed by atoms with E-state index in [9.17, 15) is 4.79 Å². The number of oxime groups is 1. The molecule has 1 rings (SSSR count). The zero-order chi connectivity index (χ0) is 11.3. The minimum Gasteiger partial charge on any atom is -0.409 e. The average Bonchev–Trinajstić information content (AvgIpc) is 2.70. The van der Waals surface area contributed by atoms with Gasteiger partial charge in [0, 0.05) is 13.5 Å². The lowest BCUT2D eigenvalue weighted by atomic mass is 10.0. The molecule has 0 aromatic heterocycles. The molecule has 0 heterocycles. The number of hydrogen-bond donors (Lipinski definition) is 2. The molecule has 0 aromatic rings. The normalized spacial score (nSPS) is 18.1. The Bertz CT molecular complexity index is 247. The third-order valence-corrected chi connectivity index (χ3v) is 2.89. The van der Waals surface area contributed by atoms with E-state index in [0.29, 0.717) is 12.3 Å². The maximum absolute atomic E-state index is 11.7. The van der Waals surface area contributed by atoms with Crippen LogP contribution < -0.4 is 5.73 Å². The molecule has 5 nitrogen and oxygen atoms in total. The number of carbonyl (C=O) groups excluding carboxylic acids is 1. The van der Waals surface area contributed by atoms with E-state index in [4.69, 9.17) is 10.9 Å². The van der Waals surface area contributed by atoms with Gasteiger partial charge in [-0.2, -0.15) is 0 Å². The van der Waals surface area contributed by atoms with Crippen molar-refractivity contribution >= 4 is 11.7 Å². The Morgan fingerprint density at radius 3 is 2.67 bits per heavy atom. The molecule has 0 bridgehead atoms. The summed E-state index contributed by atoms with van der Waals surface area (Å²) in [7, 11) is 1.68. The van der Waals surface area contributed by atoms with E-state index in [-0.39, 0.29) is 18.3 Å². The van der Waals surface area contributed by atoms with Crippen molar-refractivity contribution in [2.75, 3.05) is 13.6 Å². The first kappa shape index (κ1) is 11.8. The van der Waals surface area contributed by atoms with Gasteiger partial charge < -0.3 is 15.8 Å². The molecule has 0 aliphatic heterocycles. The van der Waals surface area contributed by atoms with Crippen molar-refractivity contribution in [3.05, 3.63) is 0 Å². The number of rotatable bonds is 4. The molecule has 0 saturated heterocycles. The van der Waals surface area contributed by atoms with Gasteiger partial charge in [0.05, 0.1) is 6.54 Å². The van der Waals surface area contributed by atoms with Crippen LogP contribution in [0.5, 0.6) is 0 Å². The fourth-order valence-electron chi connectivity index (χ4n) is 1.98. The number of likely N-dealkylation sites (N-methyl/N-ethyl adjacent to an activating group) is 1. The lowest BCUT2D eigenvalue weighted by Gasteiger charge is -2.18. The maximum atomic E-state index is 11.7. The Balaban J connectivity index is 2.32. The van der Waals surface area contributed by atoms with Gasteiger partial charge in [-0.3, -0.25) is 4.79 Å². The van der Waals surface area contributed by atoms with E-state index in [2.05, 4.69) is 5.16 Å². The van der Waals surface area contributed by atoms with Crippen LogP contribution >= 0.6 is 0 Å². The average molecular weight is 213 g/mol. The van der Waals surface area contributed by atoms with Crippen LogP contribution in [0, 0.1) is 5.92 Å². The summed E-state index contributed by atoms with van der Waals surface area (Å²) in [6, 6.07) is 0. The first-order chi connectivity index (χ1) is 7.13. The summed E-state index contributed by atoms with van der Waals surface area (Å²) in [6.45, 7) is 0.196. The topological polar surface area (TPSA) is 78.9 Å². The van der Waals surface area contributed by atoms with Crippen LogP contribution in [0.1, 0.15) is 32.1 Å². The van der Waals surface area contributed by atoms with Gasteiger partial charge in [0.25, 0.3) is 0 Å². The SMILES string of the molecule is CN(CC(N)=NO)C(=O)CC1CCCC1. The lowest BCUT2D eigenvalue weighted by Crippen LogP contribution is -2.36. The molecule has 0 radical (unpaired) electrons. The van der Waals surface area contributed by atoms with E-state index < -0.39 is 0 Å². The van der Waals surface area contributed by atoms with Crippen LogP contribution in [0.15, 0.2) is 5.16 Å². The highest BCUT2D eigenvalue weighted by molar-refractivity contribution is 5.86. The first-order valence-corrected chi connectivity index (χ1v) is 5.34. The van der Waals surface area contributed by atoms with Crippen LogP contribution in [-0.2, 0) is 4.79 Å². The summed E-state index contributed by atoms with van der Waals surface area (Å²) >= 11 is 0. The molecule has 1 amide bonds. The quantitative estimate of drug-likeness (QED) is 0.313. The Labute approximate surface area is 89.9 Å². The fourth-order valence-corrected chi connectivity index (χ4v) is 1.98. The molecule has 1 aliphatic carbocycles. The van der Waals surface area contributed by atoms with Gasteiger partial charge in [0.2, 0.25) is 5.91 Å². The summed E-state index contributed by atoms with van der Waals surface area (Å²) in [5, 5.41) is 11.2. The molecular formula is C10H19N3O2. The van der Waals surface area contributed by atoms with E-state index in [1.165, 1.54) is 17.7 Å². The van der Waals surface area contributed by atoms with Crippen molar-refractivity contribution in [1.29, 1.82) is 0 Å². The number of nitrogens with zero attached hydrogens (tertiary/aromatic N) is 2. The predicted molar refractivity (Wildman–Crippen MR) is 57.6 cm³/mol. The Hall–Kier alpha value is -1.26. The third kappa shape index (κ3) is 3.77. The van der Waals surface area contributed by atoms with Gasteiger partial charge >= 0.3 is 0 Å². The number of carbonyl (C=O) groups is 1. The second kappa shape index (κ2) is 5.58. The molecule has 5 heteroatoms. The summed E-state index contributed by atoms with van der Waals surface area (Å²) in [5.74, 6) is 0.679. The highest BCUT2D eigenvalue weighted by Gasteiger charge is 2.20. The summed E-state index contributed by atoms with van der Waals surface area (Å²) in [4.78, 5) is 13.2.